The maximum Gasteiger partial charge on any atom is 0.112 e. The van der Waals surface area contributed by atoms with Gasteiger partial charge in [0.25, 0.3) is 0 Å². The average Bonchev–Trinajstić information content (AvgIpc) is 2.59. The van der Waals surface area contributed by atoms with Crippen molar-refractivity contribution in [3.63, 3.8) is 0 Å². The Hall–Kier alpha value is -0.980. The van der Waals surface area contributed by atoms with E-state index in [1.54, 1.807) is 4.68 Å². The first-order valence-corrected chi connectivity index (χ1v) is 5.58. The molecule has 1 atom stereocenters. The van der Waals surface area contributed by atoms with Gasteiger partial charge in [0.15, 0.2) is 0 Å². The van der Waals surface area contributed by atoms with Crippen LogP contribution in [0.4, 0.5) is 0 Å². The lowest BCUT2D eigenvalue weighted by molar-refractivity contribution is 0.0762. The Morgan fingerprint density at radius 2 is 2.12 bits per heavy atom. The largest absolute Gasteiger partial charge is 0.394 e. The van der Waals surface area contributed by atoms with Gasteiger partial charge >= 0.3 is 0 Å². The Balaban J connectivity index is 2.19. The molecule has 0 amide bonds. The van der Waals surface area contributed by atoms with E-state index < -0.39 is 6.10 Å². The number of hydrogen-bond acceptors (Lipinski definition) is 5. The van der Waals surface area contributed by atoms with Gasteiger partial charge < -0.3 is 15.3 Å². The van der Waals surface area contributed by atoms with E-state index in [0.29, 0.717) is 11.6 Å². The van der Waals surface area contributed by atoms with Crippen molar-refractivity contribution in [2.24, 2.45) is 0 Å². The van der Waals surface area contributed by atoms with Crippen LogP contribution in [0.15, 0.2) is 0 Å². The molecule has 0 spiro atoms. The molecule has 6 nitrogen and oxygen atoms in total. The van der Waals surface area contributed by atoms with Crippen molar-refractivity contribution in [1.29, 1.82) is 0 Å². The minimum absolute atomic E-state index is 0.124. The van der Waals surface area contributed by atoms with E-state index in [4.69, 9.17) is 10.2 Å². The second kappa shape index (κ2) is 4.90. The lowest BCUT2D eigenvalue weighted by Crippen LogP contribution is -2.24. The fraction of sp³-hybridized carbons (Fsp3) is 0.800. The summed E-state index contributed by atoms with van der Waals surface area (Å²) in [6.07, 6.45) is 2.51. The lowest BCUT2D eigenvalue weighted by Gasteiger charge is -2.26. The normalized spacial score (nSPS) is 18.4. The van der Waals surface area contributed by atoms with Crippen LogP contribution >= 0.6 is 0 Å². The van der Waals surface area contributed by atoms with Crippen LogP contribution < -0.4 is 0 Å². The van der Waals surface area contributed by atoms with Crippen LogP contribution in [0, 0.1) is 0 Å². The highest BCUT2D eigenvalue weighted by Crippen LogP contribution is 2.37. The van der Waals surface area contributed by atoms with Gasteiger partial charge in [-0.25, -0.2) is 4.68 Å². The van der Waals surface area contributed by atoms with Gasteiger partial charge in [0.05, 0.1) is 31.6 Å². The number of aromatic nitrogens is 3. The van der Waals surface area contributed by atoms with Gasteiger partial charge in [-0.1, -0.05) is 11.6 Å². The predicted molar refractivity (Wildman–Crippen MR) is 55.6 cm³/mol. The maximum absolute atomic E-state index is 9.39. The van der Waals surface area contributed by atoms with Crippen molar-refractivity contribution in [2.45, 2.75) is 44.4 Å². The SMILES string of the molecule is OCc1nnn(CC(O)CO)c1C1CCC1. The molecular formula is C10H17N3O3. The quantitative estimate of drug-likeness (QED) is 0.624. The van der Waals surface area contributed by atoms with Crippen LogP contribution in [0.5, 0.6) is 0 Å². The molecule has 16 heavy (non-hydrogen) atoms. The van der Waals surface area contributed by atoms with E-state index in [0.717, 1.165) is 18.5 Å². The van der Waals surface area contributed by atoms with E-state index in [2.05, 4.69) is 10.3 Å². The minimum Gasteiger partial charge on any atom is -0.394 e. The van der Waals surface area contributed by atoms with Crippen molar-refractivity contribution in [3.8, 4) is 0 Å². The molecule has 2 rings (SSSR count). The molecule has 1 aliphatic carbocycles. The monoisotopic (exact) mass is 227 g/mol. The zero-order valence-corrected chi connectivity index (χ0v) is 9.08. The van der Waals surface area contributed by atoms with E-state index in [1.807, 2.05) is 0 Å². The Labute approximate surface area is 93.5 Å². The van der Waals surface area contributed by atoms with Crippen molar-refractivity contribution >= 4 is 0 Å². The molecule has 0 aromatic carbocycles. The Morgan fingerprint density at radius 3 is 2.62 bits per heavy atom. The molecule has 90 valence electrons. The fourth-order valence-corrected chi connectivity index (χ4v) is 1.99. The highest BCUT2D eigenvalue weighted by molar-refractivity contribution is 5.17. The number of hydrogen-bond donors (Lipinski definition) is 3. The van der Waals surface area contributed by atoms with E-state index in [-0.39, 0.29) is 19.8 Å². The molecule has 1 saturated carbocycles. The smallest absolute Gasteiger partial charge is 0.112 e. The summed E-state index contributed by atoms with van der Waals surface area (Å²) in [5.74, 6) is 0.392. The average molecular weight is 227 g/mol. The number of rotatable bonds is 5. The third kappa shape index (κ3) is 2.09. The first-order chi connectivity index (χ1) is 7.76. The molecule has 1 aliphatic rings. The van der Waals surface area contributed by atoms with E-state index in [1.165, 1.54) is 6.42 Å². The molecule has 1 heterocycles. The Bertz CT molecular complexity index is 349. The van der Waals surface area contributed by atoms with Crippen LogP contribution in [-0.4, -0.2) is 43.0 Å². The molecular weight excluding hydrogens is 210 g/mol. The Morgan fingerprint density at radius 1 is 1.38 bits per heavy atom. The molecule has 3 N–H and O–H groups in total. The van der Waals surface area contributed by atoms with Gasteiger partial charge in [0.2, 0.25) is 0 Å². The number of nitrogens with zero attached hydrogens (tertiary/aromatic N) is 3. The summed E-state index contributed by atoms with van der Waals surface area (Å²) in [7, 11) is 0. The van der Waals surface area contributed by atoms with Crippen LogP contribution in [0.2, 0.25) is 0 Å². The zero-order valence-electron chi connectivity index (χ0n) is 9.08. The second-order valence-electron chi connectivity index (χ2n) is 4.23. The summed E-state index contributed by atoms with van der Waals surface area (Å²) in [4.78, 5) is 0. The predicted octanol–water partition coefficient (Wildman–Crippen LogP) is -0.609. The van der Waals surface area contributed by atoms with Gasteiger partial charge in [0, 0.05) is 5.92 Å². The molecule has 1 unspecified atom stereocenters. The topological polar surface area (TPSA) is 91.4 Å². The van der Waals surface area contributed by atoms with Crippen molar-refractivity contribution < 1.29 is 15.3 Å². The first-order valence-electron chi connectivity index (χ1n) is 5.58. The van der Waals surface area contributed by atoms with Crippen LogP contribution in [0.3, 0.4) is 0 Å². The molecule has 0 aliphatic heterocycles. The van der Waals surface area contributed by atoms with Gasteiger partial charge in [0.1, 0.15) is 5.69 Å². The summed E-state index contributed by atoms with van der Waals surface area (Å²) in [6.45, 7) is -0.186. The second-order valence-corrected chi connectivity index (χ2v) is 4.23. The fourth-order valence-electron chi connectivity index (χ4n) is 1.99. The maximum atomic E-state index is 9.39. The highest BCUT2D eigenvalue weighted by atomic mass is 16.3. The summed E-state index contributed by atoms with van der Waals surface area (Å²) in [5, 5.41) is 35.2. The van der Waals surface area contributed by atoms with Crippen molar-refractivity contribution in [2.75, 3.05) is 6.61 Å². The minimum atomic E-state index is -0.827. The van der Waals surface area contributed by atoms with Crippen LogP contribution in [0.1, 0.15) is 36.6 Å². The van der Waals surface area contributed by atoms with Gasteiger partial charge in [-0.3, -0.25) is 0 Å². The van der Waals surface area contributed by atoms with Crippen LogP contribution in [0.25, 0.3) is 0 Å². The molecule has 1 aromatic heterocycles. The van der Waals surface area contributed by atoms with Gasteiger partial charge in [-0.15, -0.1) is 5.10 Å². The van der Waals surface area contributed by atoms with E-state index in [9.17, 15) is 5.11 Å². The Kier molecular flexibility index (Phi) is 3.52. The first kappa shape index (κ1) is 11.5. The number of aliphatic hydroxyl groups excluding tert-OH is 3. The molecule has 0 radical (unpaired) electrons. The highest BCUT2D eigenvalue weighted by Gasteiger charge is 2.27. The number of aliphatic hydroxyl groups is 3. The van der Waals surface area contributed by atoms with Crippen molar-refractivity contribution in [1.82, 2.24) is 15.0 Å². The molecule has 0 bridgehead atoms. The third-order valence-electron chi connectivity index (χ3n) is 3.08. The van der Waals surface area contributed by atoms with Gasteiger partial charge in [-0.05, 0) is 12.8 Å². The molecule has 1 aromatic rings. The molecule has 6 heteroatoms. The van der Waals surface area contributed by atoms with Crippen LogP contribution in [-0.2, 0) is 13.2 Å². The summed E-state index contributed by atoms with van der Waals surface area (Å²) in [6, 6.07) is 0. The summed E-state index contributed by atoms with van der Waals surface area (Å²) in [5.41, 5.74) is 1.51. The lowest BCUT2D eigenvalue weighted by atomic mass is 9.82. The van der Waals surface area contributed by atoms with E-state index >= 15 is 0 Å². The van der Waals surface area contributed by atoms with Crippen molar-refractivity contribution in [3.05, 3.63) is 11.4 Å². The molecule has 1 fully saturated rings. The summed E-state index contributed by atoms with van der Waals surface area (Å²) >= 11 is 0. The molecule has 0 saturated heterocycles. The summed E-state index contributed by atoms with van der Waals surface area (Å²) < 4.78 is 1.61. The third-order valence-corrected chi connectivity index (χ3v) is 3.08. The van der Waals surface area contributed by atoms with Gasteiger partial charge in [-0.2, -0.15) is 0 Å². The zero-order chi connectivity index (χ0) is 11.5. The standard InChI is InChI=1S/C10H17N3O3/c14-5-8(16)4-13-10(7-2-1-3-7)9(6-15)11-12-13/h7-8,14-16H,1-6H2.